The predicted molar refractivity (Wildman–Crippen MR) is 68.3 cm³/mol. The van der Waals surface area contributed by atoms with Crippen LogP contribution in [0.4, 0.5) is 0 Å². The molecular formula is C11H25NO4S. The van der Waals surface area contributed by atoms with Crippen molar-refractivity contribution in [3.05, 3.63) is 0 Å². The van der Waals surface area contributed by atoms with Gasteiger partial charge in [-0.05, 0) is 6.42 Å². The fourth-order valence-corrected chi connectivity index (χ4v) is 2.57. The van der Waals surface area contributed by atoms with E-state index in [-0.39, 0.29) is 5.75 Å². The topological polar surface area (TPSA) is 78.6 Å². The molecule has 0 aliphatic heterocycles. The minimum Gasteiger partial charge on any atom is -0.379 e. The van der Waals surface area contributed by atoms with Crippen LogP contribution in [0.5, 0.6) is 0 Å². The van der Waals surface area contributed by atoms with Gasteiger partial charge in [-0.1, -0.05) is 27.2 Å². The highest BCUT2D eigenvalue weighted by Gasteiger charge is 2.24. The summed E-state index contributed by atoms with van der Waals surface area (Å²) >= 11 is 0. The van der Waals surface area contributed by atoms with E-state index < -0.39 is 15.4 Å². The minimum atomic E-state index is -3.45. The number of hydrogen-bond donors (Lipinski definition) is 1. The largest absolute Gasteiger partial charge is 0.379 e. The number of sulfonamides is 1. The molecule has 0 aliphatic rings. The first-order valence-electron chi connectivity index (χ1n) is 5.93. The van der Waals surface area contributed by atoms with Gasteiger partial charge < -0.3 is 9.47 Å². The van der Waals surface area contributed by atoms with Crippen LogP contribution in [0.1, 0.15) is 33.6 Å². The third kappa shape index (κ3) is 12.1. The molecular weight excluding hydrogens is 242 g/mol. The van der Waals surface area contributed by atoms with E-state index in [4.69, 9.17) is 14.6 Å². The summed E-state index contributed by atoms with van der Waals surface area (Å²) in [5.74, 6) is -0.0727. The number of nitrogens with two attached hydrogens (primary N) is 1. The van der Waals surface area contributed by atoms with Gasteiger partial charge in [-0.3, -0.25) is 0 Å². The smallest absolute Gasteiger partial charge is 0.209 e. The lowest BCUT2D eigenvalue weighted by Crippen LogP contribution is -2.33. The Morgan fingerprint density at radius 1 is 1.12 bits per heavy atom. The van der Waals surface area contributed by atoms with Crippen LogP contribution >= 0.6 is 0 Å². The maximum atomic E-state index is 11.0. The van der Waals surface area contributed by atoms with Crippen molar-refractivity contribution in [2.75, 3.05) is 32.2 Å². The Hall–Kier alpha value is -0.170. The number of unbranched alkanes of at least 4 members (excludes halogenated alkanes) is 1. The van der Waals surface area contributed by atoms with Gasteiger partial charge in [0, 0.05) is 12.0 Å². The second-order valence-electron chi connectivity index (χ2n) is 4.99. The Kier molecular flexibility index (Phi) is 7.94. The molecule has 0 spiro atoms. The molecule has 0 saturated carbocycles. The molecule has 0 aromatic carbocycles. The van der Waals surface area contributed by atoms with Crippen molar-refractivity contribution in [1.82, 2.24) is 0 Å². The molecule has 0 aliphatic carbocycles. The van der Waals surface area contributed by atoms with Crippen LogP contribution in [-0.4, -0.2) is 40.6 Å². The predicted octanol–water partition coefficient (Wildman–Crippen LogP) is 1.13. The van der Waals surface area contributed by atoms with Crippen molar-refractivity contribution in [3.8, 4) is 0 Å². The maximum absolute atomic E-state index is 11.0. The number of primary sulfonamides is 1. The zero-order valence-electron chi connectivity index (χ0n) is 11.1. The summed E-state index contributed by atoms with van der Waals surface area (Å²) in [6.07, 6.45) is 2.17. The van der Waals surface area contributed by atoms with E-state index >= 15 is 0 Å². The second kappa shape index (κ2) is 8.02. The van der Waals surface area contributed by atoms with Crippen LogP contribution < -0.4 is 5.14 Å². The molecule has 0 atom stereocenters. The third-order valence-corrected chi connectivity index (χ3v) is 3.28. The van der Waals surface area contributed by atoms with Gasteiger partial charge in [-0.2, -0.15) is 0 Å². The minimum absolute atomic E-state index is 0.0727. The van der Waals surface area contributed by atoms with Crippen LogP contribution in [0.3, 0.4) is 0 Å². The van der Waals surface area contributed by atoms with Crippen molar-refractivity contribution in [2.45, 2.75) is 33.6 Å². The van der Waals surface area contributed by atoms with Crippen LogP contribution in [0.25, 0.3) is 0 Å². The van der Waals surface area contributed by atoms with Gasteiger partial charge >= 0.3 is 0 Å². The molecule has 0 rings (SSSR count). The van der Waals surface area contributed by atoms with Gasteiger partial charge in [0.1, 0.15) is 0 Å². The molecule has 0 unspecified atom stereocenters. The molecule has 0 amide bonds. The van der Waals surface area contributed by atoms with Crippen molar-refractivity contribution >= 4 is 10.0 Å². The van der Waals surface area contributed by atoms with Crippen LogP contribution in [0, 0.1) is 5.41 Å². The SMILES string of the molecule is CCCCOCCOCC(C)(C)CS(N)(=O)=O. The van der Waals surface area contributed by atoms with Crippen LogP contribution in [-0.2, 0) is 19.5 Å². The van der Waals surface area contributed by atoms with E-state index in [0.29, 0.717) is 19.8 Å². The normalized spacial score (nSPS) is 12.9. The Balaban J connectivity index is 3.59. The van der Waals surface area contributed by atoms with Crippen LogP contribution in [0.15, 0.2) is 0 Å². The fraction of sp³-hybridized carbons (Fsp3) is 1.00. The van der Waals surface area contributed by atoms with Gasteiger partial charge in [0.25, 0.3) is 0 Å². The number of rotatable bonds is 10. The van der Waals surface area contributed by atoms with E-state index in [0.717, 1.165) is 19.4 Å². The fourth-order valence-electron chi connectivity index (χ4n) is 1.40. The highest BCUT2D eigenvalue weighted by atomic mass is 32.2. The zero-order valence-corrected chi connectivity index (χ0v) is 11.9. The molecule has 0 aromatic rings. The second-order valence-corrected chi connectivity index (χ2v) is 6.60. The van der Waals surface area contributed by atoms with Gasteiger partial charge in [-0.15, -0.1) is 0 Å². The summed E-state index contributed by atoms with van der Waals surface area (Å²) in [4.78, 5) is 0. The number of hydrogen-bond acceptors (Lipinski definition) is 4. The summed E-state index contributed by atoms with van der Waals surface area (Å²) in [5.41, 5.74) is -0.461. The summed E-state index contributed by atoms with van der Waals surface area (Å²) in [6, 6.07) is 0. The highest BCUT2D eigenvalue weighted by Crippen LogP contribution is 2.16. The zero-order chi connectivity index (χ0) is 13.4. The Morgan fingerprint density at radius 3 is 2.24 bits per heavy atom. The van der Waals surface area contributed by atoms with Gasteiger partial charge in [0.2, 0.25) is 10.0 Å². The molecule has 0 fully saturated rings. The lowest BCUT2D eigenvalue weighted by Gasteiger charge is -2.22. The Morgan fingerprint density at radius 2 is 1.71 bits per heavy atom. The maximum Gasteiger partial charge on any atom is 0.209 e. The quantitative estimate of drug-likeness (QED) is 0.602. The molecule has 0 saturated heterocycles. The van der Waals surface area contributed by atoms with E-state index in [2.05, 4.69) is 6.92 Å². The van der Waals surface area contributed by atoms with Crippen molar-refractivity contribution in [2.24, 2.45) is 10.6 Å². The third-order valence-electron chi connectivity index (χ3n) is 2.10. The molecule has 0 bridgehead atoms. The molecule has 2 N–H and O–H groups in total. The molecule has 5 nitrogen and oxygen atoms in total. The lowest BCUT2D eigenvalue weighted by atomic mass is 9.98. The van der Waals surface area contributed by atoms with Gasteiger partial charge in [0.05, 0.1) is 25.6 Å². The monoisotopic (exact) mass is 267 g/mol. The number of ether oxygens (including phenoxy) is 2. The summed E-state index contributed by atoms with van der Waals surface area (Å²) in [7, 11) is -3.45. The standard InChI is InChI=1S/C11H25NO4S/c1-4-5-6-15-7-8-16-9-11(2,3)10-17(12,13)14/h4-10H2,1-3H3,(H2,12,13,14). The summed E-state index contributed by atoms with van der Waals surface area (Å²) in [5, 5.41) is 5.00. The van der Waals surface area contributed by atoms with E-state index in [1.807, 2.05) is 13.8 Å². The first-order valence-corrected chi connectivity index (χ1v) is 7.64. The molecule has 0 radical (unpaired) electrons. The van der Waals surface area contributed by atoms with Crippen molar-refractivity contribution in [1.29, 1.82) is 0 Å². The average Bonchev–Trinajstić information content (AvgIpc) is 2.12. The molecule has 104 valence electrons. The molecule has 0 aromatic heterocycles. The molecule has 17 heavy (non-hydrogen) atoms. The average molecular weight is 267 g/mol. The van der Waals surface area contributed by atoms with E-state index in [9.17, 15) is 8.42 Å². The van der Waals surface area contributed by atoms with Crippen molar-refractivity contribution in [3.63, 3.8) is 0 Å². The molecule has 6 heteroatoms. The van der Waals surface area contributed by atoms with Crippen LogP contribution in [0.2, 0.25) is 0 Å². The Labute approximate surface area is 105 Å². The summed E-state index contributed by atoms with van der Waals surface area (Å²) in [6.45, 7) is 7.88. The van der Waals surface area contributed by atoms with Gasteiger partial charge in [-0.25, -0.2) is 13.6 Å². The highest BCUT2D eigenvalue weighted by molar-refractivity contribution is 7.89. The Bertz CT molecular complexity index is 288. The summed E-state index contributed by atoms with van der Waals surface area (Å²) < 4.78 is 32.6. The van der Waals surface area contributed by atoms with E-state index in [1.54, 1.807) is 0 Å². The van der Waals surface area contributed by atoms with E-state index in [1.165, 1.54) is 0 Å². The van der Waals surface area contributed by atoms with Gasteiger partial charge in [0.15, 0.2) is 0 Å². The first-order chi connectivity index (χ1) is 7.77. The van der Waals surface area contributed by atoms with Crippen molar-refractivity contribution < 1.29 is 17.9 Å². The first kappa shape index (κ1) is 16.8. The lowest BCUT2D eigenvalue weighted by molar-refractivity contribution is 0.0196. The molecule has 0 heterocycles.